The zero-order valence-electron chi connectivity index (χ0n) is 9.28. The monoisotopic (exact) mass is 221 g/mol. The summed E-state index contributed by atoms with van der Waals surface area (Å²) in [6.07, 6.45) is -0.792. The third-order valence-corrected chi connectivity index (χ3v) is 1.67. The Hall–Kier alpha value is -0.850. The highest BCUT2D eigenvalue weighted by molar-refractivity contribution is 5.68. The van der Waals surface area contributed by atoms with E-state index in [9.17, 15) is 4.79 Å². The third-order valence-electron chi connectivity index (χ3n) is 1.67. The van der Waals surface area contributed by atoms with Crippen LogP contribution in [0.1, 0.15) is 20.8 Å². The maximum atomic E-state index is 11.3. The fourth-order valence-electron chi connectivity index (χ4n) is 0.789. The van der Waals surface area contributed by atoms with Crippen LogP contribution >= 0.6 is 0 Å². The van der Waals surface area contributed by atoms with Gasteiger partial charge >= 0.3 is 6.09 Å². The number of nitrogens with one attached hydrogen (secondary N) is 1. The molecule has 0 aromatic rings. The van der Waals surface area contributed by atoms with Crippen LogP contribution in [0.25, 0.3) is 0 Å². The molecule has 0 radical (unpaired) electrons. The molecular weight excluding hydrogens is 202 g/mol. The van der Waals surface area contributed by atoms with Gasteiger partial charge in [-0.2, -0.15) is 0 Å². The molecule has 0 aliphatic rings. The lowest BCUT2D eigenvalue weighted by molar-refractivity contribution is 0.0125. The topological polar surface area (TPSA) is 99.0 Å². The number of amides is 1. The second kappa shape index (κ2) is 5.29. The van der Waals surface area contributed by atoms with Crippen LogP contribution in [-0.4, -0.2) is 52.4 Å². The molecule has 0 saturated heterocycles. The van der Waals surface area contributed by atoms with Crippen molar-refractivity contribution in [3.63, 3.8) is 0 Å². The maximum Gasteiger partial charge on any atom is 0.408 e. The molecule has 4 N–H and O–H groups in total. The van der Waals surface area contributed by atoms with E-state index in [1.54, 1.807) is 20.8 Å². The molecule has 0 fully saturated rings. The van der Waals surface area contributed by atoms with E-state index in [0.717, 1.165) is 0 Å². The third kappa shape index (κ3) is 4.96. The average molecular weight is 221 g/mol. The van der Waals surface area contributed by atoms with Gasteiger partial charge in [-0.15, -0.1) is 0 Å². The average Bonchev–Trinajstić information content (AvgIpc) is 2.11. The van der Waals surface area contributed by atoms with Gasteiger partial charge in [0.15, 0.2) is 0 Å². The normalized spacial score (nSPS) is 12.4. The summed E-state index contributed by atoms with van der Waals surface area (Å²) in [5, 5.41) is 29.0. The van der Waals surface area contributed by atoms with E-state index in [1.807, 2.05) is 0 Å². The molecule has 1 amide bonds. The standard InChI is InChI=1S/C9H19NO5/c1-8(2,3)15-7(14)10-9(4-11,5-12)6-13/h11-13H,4-6H2,1-3H3,(H,10,14). The number of carbonyl (C=O) groups excluding carboxylic acids is 1. The lowest BCUT2D eigenvalue weighted by Crippen LogP contribution is -2.57. The Labute approximate surface area is 88.9 Å². The molecule has 0 heterocycles. The summed E-state index contributed by atoms with van der Waals surface area (Å²) < 4.78 is 4.92. The first-order chi connectivity index (χ1) is 6.78. The zero-order chi connectivity index (χ0) is 12.1. The molecule has 0 saturated carbocycles. The first-order valence-corrected chi connectivity index (χ1v) is 4.62. The van der Waals surface area contributed by atoms with Gasteiger partial charge in [-0.25, -0.2) is 4.79 Å². The fraction of sp³-hybridized carbons (Fsp3) is 0.889. The summed E-state index contributed by atoms with van der Waals surface area (Å²) in [5.74, 6) is 0. The van der Waals surface area contributed by atoms with Crippen LogP contribution in [0.3, 0.4) is 0 Å². The molecule has 0 bridgehead atoms. The first-order valence-electron chi connectivity index (χ1n) is 4.62. The first kappa shape index (κ1) is 14.2. The van der Waals surface area contributed by atoms with E-state index in [4.69, 9.17) is 20.1 Å². The largest absolute Gasteiger partial charge is 0.444 e. The van der Waals surface area contributed by atoms with Gasteiger partial charge in [0.05, 0.1) is 19.8 Å². The number of carbonyl (C=O) groups is 1. The molecular formula is C9H19NO5. The number of aliphatic hydroxyl groups is 3. The highest BCUT2D eigenvalue weighted by Gasteiger charge is 2.31. The number of rotatable bonds is 4. The molecule has 0 spiro atoms. The van der Waals surface area contributed by atoms with Gasteiger partial charge in [0.25, 0.3) is 0 Å². The Bertz CT molecular complexity index is 199. The molecule has 15 heavy (non-hydrogen) atoms. The minimum absolute atomic E-state index is 0.570. The van der Waals surface area contributed by atoms with Crippen molar-refractivity contribution in [3.05, 3.63) is 0 Å². The van der Waals surface area contributed by atoms with Gasteiger partial charge in [-0.3, -0.25) is 0 Å². The number of alkyl carbamates (subject to hydrolysis) is 1. The minimum atomic E-state index is -1.44. The van der Waals surface area contributed by atoms with Crippen molar-refractivity contribution < 1.29 is 24.9 Å². The second-order valence-corrected chi connectivity index (χ2v) is 4.38. The van der Waals surface area contributed by atoms with Gasteiger partial charge in [-0.1, -0.05) is 0 Å². The van der Waals surface area contributed by atoms with Crippen LogP contribution in [0.15, 0.2) is 0 Å². The van der Waals surface area contributed by atoms with Gasteiger partial charge in [-0.05, 0) is 20.8 Å². The number of aliphatic hydroxyl groups excluding tert-OH is 3. The second-order valence-electron chi connectivity index (χ2n) is 4.38. The molecule has 0 aliphatic carbocycles. The Morgan fingerprint density at radius 2 is 1.53 bits per heavy atom. The molecule has 0 aromatic heterocycles. The van der Waals surface area contributed by atoms with Crippen molar-refractivity contribution in [3.8, 4) is 0 Å². The van der Waals surface area contributed by atoms with Crippen LogP contribution in [0, 0.1) is 0 Å². The Morgan fingerprint density at radius 1 is 1.13 bits per heavy atom. The number of ether oxygens (including phenoxy) is 1. The van der Waals surface area contributed by atoms with Crippen molar-refractivity contribution in [2.24, 2.45) is 0 Å². The van der Waals surface area contributed by atoms with E-state index < -0.39 is 37.1 Å². The van der Waals surface area contributed by atoms with Crippen molar-refractivity contribution >= 4 is 6.09 Å². The van der Waals surface area contributed by atoms with Gasteiger partial charge in [0.2, 0.25) is 0 Å². The summed E-state index contributed by atoms with van der Waals surface area (Å²) in [7, 11) is 0. The minimum Gasteiger partial charge on any atom is -0.444 e. The molecule has 0 atom stereocenters. The van der Waals surface area contributed by atoms with Crippen molar-refractivity contribution in [1.29, 1.82) is 0 Å². The number of hydrogen-bond acceptors (Lipinski definition) is 5. The van der Waals surface area contributed by atoms with Crippen molar-refractivity contribution in [2.45, 2.75) is 31.9 Å². The molecule has 6 nitrogen and oxygen atoms in total. The molecule has 0 unspecified atom stereocenters. The molecule has 90 valence electrons. The van der Waals surface area contributed by atoms with Crippen LogP contribution in [0.4, 0.5) is 4.79 Å². The van der Waals surface area contributed by atoms with Gasteiger partial charge in [0, 0.05) is 0 Å². The Morgan fingerprint density at radius 3 is 1.80 bits per heavy atom. The summed E-state index contributed by atoms with van der Waals surface area (Å²) in [5.41, 5.74) is -2.11. The van der Waals surface area contributed by atoms with Gasteiger partial charge in [0.1, 0.15) is 11.1 Å². The van der Waals surface area contributed by atoms with Crippen molar-refractivity contribution in [1.82, 2.24) is 5.32 Å². The smallest absolute Gasteiger partial charge is 0.408 e. The summed E-state index contributed by atoms with van der Waals surface area (Å²) >= 11 is 0. The highest BCUT2D eigenvalue weighted by atomic mass is 16.6. The quantitative estimate of drug-likeness (QED) is 0.499. The summed E-state index contributed by atoms with van der Waals surface area (Å²) in [4.78, 5) is 11.3. The molecule has 0 aliphatic heterocycles. The van der Waals surface area contributed by atoms with Crippen LogP contribution in [0.5, 0.6) is 0 Å². The SMILES string of the molecule is CC(C)(C)OC(=O)NC(CO)(CO)CO. The number of hydrogen-bond donors (Lipinski definition) is 4. The predicted molar refractivity (Wildman–Crippen MR) is 53.4 cm³/mol. The van der Waals surface area contributed by atoms with E-state index in [0.29, 0.717) is 0 Å². The summed E-state index contributed by atoms with van der Waals surface area (Å²) in [6, 6.07) is 0. The lowest BCUT2D eigenvalue weighted by Gasteiger charge is -2.30. The fourth-order valence-corrected chi connectivity index (χ4v) is 0.789. The highest BCUT2D eigenvalue weighted by Crippen LogP contribution is 2.09. The Kier molecular flexibility index (Phi) is 4.99. The van der Waals surface area contributed by atoms with E-state index in [1.165, 1.54) is 0 Å². The van der Waals surface area contributed by atoms with Crippen LogP contribution < -0.4 is 5.32 Å². The van der Waals surface area contributed by atoms with E-state index in [2.05, 4.69) is 5.32 Å². The van der Waals surface area contributed by atoms with E-state index >= 15 is 0 Å². The van der Waals surface area contributed by atoms with Crippen molar-refractivity contribution in [2.75, 3.05) is 19.8 Å². The zero-order valence-corrected chi connectivity index (χ0v) is 9.28. The Balaban J connectivity index is 4.36. The van der Waals surface area contributed by atoms with E-state index in [-0.39, 0.29) is 0 Å². The summed E-state index contributed by atoms with van der Waals surface area (Å²) in [6.45, 7) is 3.35. The molecule has 0 aromatic carbocycles. The predicted octanol–water partition coefficient (Wildman–Crippen LogP) is -0.773. The lowest BCUT2D eigenvalue weighted by atomic mass is 10.0. The molecule has 0 rings (SSSR count). The molecule has 6 heteroatoms. The maximum absolute atomic E-state index is 11.3. The van der Waals surface area contributed by atoms with Gasteiger partial charge < -0.3 is 25.4 Å². The van der Waals surface area contributed by atoms with Crippen LogP contribution in [-0.2, 0) is 4.74 Å². The van der Waals surface area contributed by atoms with Crippen LogP contribution in [0.2, 0.25) is 0 Å².